The van der Waals surface area contributed by atoms with Crippen molar-refractivity contribution in [1.82, 2.24) is 5.43 Å². The van der Waals surface area contributed by atoms with Crippen LogP contribution in [0.25, 0.3) is 0 Å². The highest BCUT2D eigenvalue weighted by molar-refractivity contribution is 9.10. The van der Waals surface area contributed by atoms with Crippen molar-refractivity contribution in [3.05, 3.63) is 28.2 Å². The van der Waals surface area contributed by atoms with Gasteiger partial charge in [0, 0.05) is 0 Å². The Labute approximate surface area is 101 Å². The summed E-state index contributed by atoms with van der Waals surface area (Å²) in [5.41, 5.74) is 2.86. The molecule has 0 aliphatic rings. The van der Waals surface area contributed by atoms with Gasteiger partial charge in [0.25, 0.3) is 6.43 Å². The van der Waals surface area contributed by atoms with Crippen LogP contribution in [0.2, 0.25) is 0 Å². The average Bonchev–Trinajstić information content (AvgIpc) is 2.25. The van der Waals surface area contributed by atoms with Gasteiger partial charge in [0.15, 0.2) is 0 Å². The van der Waals surface area contributed by atoms with Crippen molar-refractivity contribution >= 4 is 15.9 Å². The number of hydrazine groups is 1. The lowest BCUT2D eigenvalue weighted by Crippen LogP contribution is -2.42. The SMILES string of the molecule is COc1ccc(CC(NN)C(F)F)cc1Br. The minimum absolute atomic E-state index is 0.163. The van der Waals surface area contributed by atoms with Crippen LogP contribution in [0.3, 0.4) is 0 Å². The number of nitrogens with one attached hydrogen (secondary N) is 1. The quantitative estimate of drug-likeness (QED) is 0.646. The molecule has 0 bridgehead atoms. The number of nitrogens with two attached hydrogens (primary N) is 1. The van der Waals surface area contributed by atoms with Crippen molar-refractivity contribution in [3.8, 4) is 5.75 Å². The number of alkyl halides is 2. The number of benzene rings is 1. The summed E-state index contributed by atoms with van der Waals surface area (Å²) in [6.07, 6.45) is -2.33. The molecule has 0 aromatic heterocycles. The Balaban J connectivity index is 2.78. The second-order valence-corrected chi connectivity index (χ2v) is 4.13. The smallest absolute Gasteiger partial charge is 0.255 e. The Morgan fingerprint density at radius 1 is 1.50 bits per heavy atom. The van der Waals surface area contributed by atoms with E-state index in [9.17, 15) is 8.78 Å². The molecule has 1 aromatic carbocycles. The molecule has 0 aliphatic heterocycles. The molecule has 90 valence electrons. The Bertz CT molecular complexity index is 350. The predicted molar refractivity (Wildman–Crippen MR) is 61.5 cm³/mol. The molecule has 0 heterocycles. The minimum atomic E-state index is -2.49. The molecule has 3 N–H and O–H groups in total. The first-order chi connectivity index (χ1) is 7.58. The van der Waals surface area contributed by atoms with Gasteiger partial charge in [0.2, 0.25) is 0 Å². The zero-order valence-electron chi connectivity index (χ0n) is 8.71. The number of hydrogen-bond donors (Lipinski definition) is 2. The Kier molecular flexibility index (Phi) is 5.11. The van der Waals surface area contributed by atoms with E-state index >= 15 is 0 Å². The predicted octanol–water partition coefficient (Wildman–Crippen LogP) is 2.10. The lowest BCUT2D eigenvalue weighted by Gasteiger charge is -2.15. The number of rotatable bonds is 5. The van der Waals surface area contributed by atoms with Gasteiger partial charge >= 0.3 is 0 Å². The fourth-order valence-electron chi connectivity index (χ4n) is 1.31. The molecule has 16 heavy (non-hydrogen) atoms. The van der Waals surface area contributed by atoms with Gasteiger partial charge in [-0.3, -0.25) is 11.3 Å². The first kappa shape index (κ1) is 13.3. The first-order valence-corrected chi connectivity index (χ1v) is 5.44. The summed E-state index contributed by atoms with van der Waals surface area (Å²) in [5, 5.41) is 0. The lowest BCUT2D eigenvalue weighted by molar-refractivity contribution is 0.0984. The number of hydrogen-bond acceptors (Lipinski definition) is 3. The standard InChI is InChI=1S/C10H13BrF2N2O/c1-16-9-3-2-6(4-7(9)11)5-8(15-14)10(12)13/h2-4,8,10,15H,5,14H2,1H3. The van der Waals surface area contributed by atoms with Crippen molar-refractivity contribution in [2.24, 2.45) is 5.84 Å². The van der Waals surface area contributed by atoms with E-state index in [1.165, 1.54) is 0 Å². The van der Waals surface area contributed by atoms with Gasteiger partial charge in [-0.2, -0.15) is 0 Å². The molecule has 0 amide bonds. The number of halogens is 3. The number of ether oxygens (including phenoxy) is 1. The Morgan fingerprint density at radius 3 is 2.62 bits per heavy atom. The summed E-state index contributed by atoms with van der Waals surface area (Å²) in [5.74, 6) is 5.71. The zero-order valence-corrected chi connectivity index (χ0v) is 10.3. The lowest BCUT2D eigenvalue weighted by atomic mass is 10.1. The summed E-state index contributed by atoms with van der Waals surface area (Å²) >= 11 is 3.29. The highest BCUT2D eigenvalue weighted by atomic mass is 79.9. The molecule has 0 aliphatic carbocycles. The van der Waals surface area contributed by atoms with Gasteiger partial charge in [0.05, 0.1) is 17.6 Å². The zero-order chi connectivity index (χ0) is 12.1. The van der Waals surface area contributed by atoms with E-state index in [0.29, 0.717) is 5.75 Å². The van der Waals surface area contributed by atoms with Crippen molar-refractivity contribution in [2.45, 2.75) is 18.9 Å². The molecule has 1 unspecified atom stereocenters. The third-order valence-electron chi connectivity index (χ3n) is 2.19. The second kappa shape index (κ2) is 6.12. The summed E-state index contributed by atoms with van der Waals surface area (Å²) in [6.45, 7) is 0. The fraction of sp³-hybridized carbons (Fsp3) is 0.400. The Hall–Kier alpha value is -0.720. The largest absolute Gasteiger partial charge is 0.496 e. The van der Waals surface area contributed by atoms with Crippen LogP contribution in [0.4, 0.5) is 8.78 Å². The summed E-state index contributed by atoms with van der Waals surface area (Å²) in [6, 6.07) is 4.15. The highest BCUT2D eigenvalue weighted by Crippen LogP contribution is 2.26. The van der Waals surface area contributed by atoms with E-state index < -0.39 is 12.5 Å². The summed E-state index contributed by atoms with van der Waals surface area (Å²) in [7, 11) is 1.54. The Morgan fingerprint density at radius 2 is 2.19 bits per heavy atom. The normalized spacial score (nSPS) is 12.9. The molecule has 0 radical (unpaired) electrons. The molecule has 6 heteroatoms. The van der Waals surface area contributed by atoms with Crippen molar-refractivity contribution in [3.63, 3.8) is 0 Å². The van der Waals surface area contributed by atoms with Gasteiger partial charge < -0.3 is 4.74 Å². The van der Waals surface area contributed by atoms with Crippen LogP contribution >= 0.6 is 15.9 Å². The van der Waals surface area contributed by atoms with E-state index in [1.54, 1.807) is 25.3 Å². The van der Waals surface area contributed by atoms with Gasteiger partial charge in [-0.1, -0.05) is 6.07 Å². The van der Waals surface area contributed by atoms with E-state index in [-0.39, 0.29) is 6.42 Å². The highest BCUT2D eigenvalue weighted by Gasteiger charge is 2.19. The van der Waals surface area contributed by atoms with Crippen LogP contribution in [-0.2, 0) is 6.42 Å². The fourth-order valence-corrected chi connectivity index (χ4v) is 1.90. The first-order valence-electron chi connectivity index (χ1n) is 4.65. The van der Waals surface area contributed by atoms with E-state index in [1.807, 2.05) is 0 Å². The van der Waals surface area contributed by atoms with Crippen LogP contribution in [-0.4, -0.2) is 19.6 Å². The molecular formula is C10H13BrF2N2O. The topological polar surface area (TPSA) is 47.3 Å². The molecule has 1 atom stereocenters. The van der Waals surface area contributed by atoms with Crippen LogP contribution < -0.4 is 16.0 Å². The van der Waals surface area contributed by atoms with Crippen molar-refractivity contribution in [1.29, 1.82) is 0 Å². The van der Waals surface area contributed by atoms with Crippen LogP contribution in [0, 0.1) is 0 Å². The van der Waals surface area contributed by atoms with E-state index in [2.05, 4.69) is 21.4 Å². The maximum atomic E-state index is 12.5. The van der Waals surface area contributed by atoms with Crippen LogP contribution in [0.1, 0.15) is 5.56 Å². The van der Waals surface area contributed by atoms with E-state index in [0.717, 1.165) is 10.0 Å². The number of methoxy groups -OCH3 is 1. The third-order valence-corrected chi connectivity index (χ3v) is 2.81. The van der Waals surface area contributed by atoms with Crippen LogP contribution in [0.15, 0.2) is 22.7 Å². The van der Waals surface area contributed by atoms with Gasteiger partial charge in [-0.25, -0.2) is 8.78 Å². The average molecular weight is 295 g/mol. The molecule has 1 rings (SSSR count). The maximum Gasteiger partial charge on any atom is 0.255 e. The second-order valence-electron chi connectivity index (χ2n) is 3.28. The van der Waals surface area contributed by atoms with Gasteiger partial charge in [-0.05, 0) is 40.0 Å². The molecule has 1 aromatic rings. The molecule has 0 spiro atoms. The van der Waals surface area contributed by atoms with Crippen molar-refractivity contribution in [2.75, 3.05) is 7.11 Å². The third kappa shape index (κ3) is 3.40. The van der Waals surface area contributed by atoms with E-state index in [4.69, 9.17) is 10.6 Å². The van der Waals surface area contributed by atoms with Crippen LogP contribution in [0.5, 0.6) is 5.75 Å². The summed E-state index contributed by atoms with van der Waals surface area (Å²) in [4.78, 5) is 0. The molecule has 3 nitrogen and oxygen atoms in total. The maximum absolute atomic E-state index is 12.5. The van der Waals surface area contributed by atoms with Gasteiger partial charge in [-0.15, -0.1) is 0 Å². The van der Waals surface area contributed by atoms with Gasteiger partial charge in [0.1, 0.15) is 5.75 Å². The monoisotopic (exact) mass is 294 g/mol. The molecule has 0 fully saturated rings. The van der Waals surface area contributed by atoms with Crippen molar-refractivity contribution < 1.29 is 13.5 Å². The molecule has 0 saturated heterocycles. The summed E-state index contributed by atoms with van der Waals surface area (Å²) < 4.78 is 30.7. The minimum Gasteiger partial charge on any atom is -0.496 e. The molecule has 0 saturated carbocycles. The molecular weight excluding hydrogens is 282 g/mol.